The number of carboxylic acids is 1. The molecular formula is C16H13ClN2O5. The Hall–Kier alpha value is -2.93. The van der Waals surface area contributed by atoms with Gasteiger partial charge < -0.3 is 10.4 Å². The summed E-state index contributed by atoms with van der Waals surface area (Å²) in [6, 6.07) is 10.3. The zero-order valence-corrected chi connectivity index (χ0v) is 13.1. The number of ketones is 1. The number of rotatable bonds is 7. The Bertz CT molecular complexity index is 776. The summed E-state index contributed by atoms with van der Waals surface area (Å²) in [5.74, 6) is -1.61. The predicted molar refractivity (Wildman–Crippen MR) is 88.5 cm³/mol. The third-order valence-electron chi connectivity index (χ3n) is 3.25. The number of nitrogens with one attached hydrogen (secondary N) is 1. The van der Waals surface area contributed by atoms with E-state index in [2.05, 4.69) is 5.32 Å². The Morgan fingerprint density at radius 2 is 1.88 bits per heavy atom. The van der Waals surface area contributed by atoms with Crippen LogP contribution in [0, 0.1) is 10.1 Å². The fourth-order valence-corrected chi connectivity index (χ4v) is 2.18. The van der Waals surface area contributed by atoms with Gasteiger partial charge in [-0.3, -0.25) is 14.9 Å². The third-order valence-corrected chi connectivity index (χ3v) is 3.50. The van der Waals surface area contributed by atoms with E-state index >= 15 is 0 Å². The number of carboxylic acid groups (broad SMARTS) is 1. The SMILES string of the molecule is O=C(C[C@H](Nc1cccc([N+](=O)[O-])c1)C(=O)O)c1ccc(Cl)cc1. The number of Topliss-reactive ketones (excluding diaryl/α,β-unsaturated/α-hetero) is 1. The lowest BCUT2D eigenvalue weighted by Gasteiger charge is -2.15. The number of nitro benzene ring substituents is 1. The molecule has 0 aliphatic heterocycles. The number of anilines is 1. The van der Waals surface area contributed by atoms with E-state index in [1.54, 1.807) is 12.1 Å². The number of nitro groups is 1. The van der Waals surface area contributed by atoms with Crippen LogP contribution in [-0.2, 0) is 4.79 Å². The molecule has 2 aromatic rings. The van der Waals surface area contributed by atoms with Crippen LogP contribution in [0.2, 0.25) is 5.02 Å². The average molecular weight is 349 g/mol. The second kappa shape index (κ2) is 7.56. The minimum absolute atomic E-state index is 0.173. The first-order chi connectivity index (χ1) is 11.4. The average Bonchev–Trinajstić information content (AvgIpc) is 2.55. The van der Waals surface area contributed by atoms with Gasteiger partial charge in [-0.2, -0.15) is 0 Å². The van der Waals surface area contributed by atoms with Crippen molar-refractivity contribution in [1.29, 1.82) is 0 Å². The van der Waals surface area contributed by atoms with Crippen LogP contribution < -0.4 is 5.32 Å². The predicted octanol–water partition coefficient (Wildman–Crippen LogP) is 3.39. The van der Waals surface area contributed by atoms with Gasteiger partial charge in [0.15, 0.2) is 5.78 Å². The highest BCUT2D eigenvalue weighted by Crippen LogP contribution is 2.19. The molecule has 2 aromatic carbocycles. The van der Waals surface area contributed by atoms with E-state index in [1.165, 1.54) is 36.4 Å². The zero-order valence-electron chi connectivity index (χ0n) is 12.3. The van der Waals surface area contributed by atoms with Crippen molar-refractivity contribution in [3.8, 4) is 0 Å². The smallest absolute Gasteiger partial charge is 0.326 e. The Morgan fingerprint density at radius 3 is 2.46 bits per heavy atom. The molecule has 8 heteroatoms. The Labute approximate surface area is 142 Å². The molecule has 0 radical (unpaired) electrons. The lowest BCUT2D eigenvalue weighted by molar-refractivity contribution is -0.384. The van der Waals surface area contributed by atoms with Crippen LogP contribution in [0.25, 0.3) is 0 Å². The summed E-state index contributed by atoms with van der Waals surface area (Å²) >= 11 is 5.75. The van der Waals surface area contributed by atoms with Crippen molar-refractivity contribution in [2.24, 2.45) is 0 Å². The maximum atomic E-state index is 12.2. The molecule has 24 heavy (non-hydrogen) atoms. The van der Waals surface area contributed by atoms with Crippen molar-refractivity contribution in [2.75, 3.05) is 5.32 Å². The van der Waals surface area contributed by atoms with Crippen molar-refractivity contribution in [3.05, 3.63) is 69.2 Å². The van der Waals surface area contributed by atoms with E-state index < -0.39 is 16.9 Å². The molecular weight excluding hydrogens is 336 g/mol. The highest BCUT2D eigenvalue weighted by atomic mass is 35.5. The Balaban J connectivity index is 2.13. The van der Waals surface area contributed by atoms with Crippen LogP contribution in [0.3, 0.4) is 0 Å². The van der Waals surface area contributed by atoms with E-state index in [4.69, 9.17) is 11.6 Å². The van der Waals surface area contributed by atoms with Gasteiger partial charge in [0, 0.05) is 34.8 Å². The summed E-state index contributed by atoms with van der Waals surface area (Å²) in [6.45, 7) is 0. The number of carbonyl (C=O) groups excluding carboxylic acids is 1. The van der Waals surface area contributed by atoms with Gasteiger partial charge >= 0.3 is 5.97 Å². The van der Waals surface area contributed by atoms with Crippen LogP contribution in [0.4, 0.5) is 11.4 Å². The summed E-state index contributed by atoms with van der Waals surface area (Å²) < 4.78 is 0. The topological polar surface area (TPSA) is 110 Å². The highest BCUT2D eigenvalue weighted by molar-refractivity contribution is 6.30. The molecule has 0 aliphatic rings. The largest absolute Gasteiger partial charge is 0.480 e. The van der Waals surface area contributed by atoms with E-state index in [0.29, 0.717) is 10.6 Å². The molecule has 0 unspecified atom stereocenters. The molecule has 0 aliphatic carbocycles. The zero-order chi connectivity index (χ0) is 17.7. The summed E-state index contributed by atoms with van der Waals surface area (Å²) in [5, 5.41) is 23.1. The summed E-state index contributed by atoms with van der Waals surface area (Å²) in [5.41, 5.74) is 0.417. The fraction of sp³-hybridized carbons (Fsp3) is 0.125. The standard InChI is InChI=1S/C16H13ClN2O5/c17-11-6-4-10(5-7-11)15(20)9-14(16(21)22)18-12-2-1-3-13(8-12)19(23)24/h1-8,14,18H,9H2,(H,21,22)/t14-/m0/s1. The Morgan fingerprint density at radius 1 is 1.21 bits per heavy atom. The lowest BCUT2D eigenvalue weighted by Crippen LogP contribution is -2.31. The van der Waals surface area contributed by atoms with Crippen LogP contribution in [0.5, 0.6) is 0 Å². The second-order valence-corrected chi connectivity index (χ2v) is 5.41. The van der Waals surface area contributed by atoms with Crippen LogP contribution in [-0.4, -0.2) is 27.8 Å². The number of halogens is 1. The molecule has 0 saturated heterocycles. The number of benzene rings is 2. The quantitative estimate of drug-likeness (QED) is 0.451. The maximum absolute atomic E-state index is 12.2. The van der Waals surface area contributed by atoms with Crippen molar-refractivity contribution in [1.82, 2.24) is 0 Å². The van der Waals surface area contributed by atoms with Crippen LogP contribution >= 0.6 is 11.6 Å². The number of carbonyl (C=O) groups is 2. The van der Waals surface area contributed by atoms with Gasteiger partial charge in [0.2, 0.25) is 0 Å². The molecule has 2 N–H and O–H groups in total. The molecule has 0 saturated carbocycles. The van der Waals surface area contributed by atoms with Gasteiger partial charge in [0.1, 0.15) is 6.04 Å². The molecule has 0 bridgehead atoms. The van der Waals surface area contributed by atoms with Gasteiger partial charge in [-0.15, -0.1) is 0 Å². The fourth-order valence-electron chi connectivity index (χ4n) is 2.05. The number of nitrogens with zero attached hydrogens (tertiary/aromatic N) is 1. The summed E-state index contributed by atoms with van der Waals surface area (Å²) in [6.07, 6.45) is -0.306. The van der Waals surface area contributed by atoms with Crippen LogP contribution in [0.15, 0.2) is 48.5 Å². The number of hydrogen-bond donors (Lipinski definition) is 2. The minimum Gasteiger partial charge on any atom is -0.480 e. The number of aliphatic carboxylic acids is 1. The first kappa shape index (κ1) is 17.4. The van der Waals surface area contributed by atoms with Gasteiger partial charge in [-0.05, 0) is 30.3 Å². The lowest BCUT2D eigenvalue weighted by atomic mass is 10.0. The second-order valence-electron chi connectivity index (χ2n) is 4.98. The first-order valence-corrected chi connectivity index (χ1v) is 7.27. The molecule has 0 aromatic heterocycles. The maximum Gasteiger partial charge on any atom is 0.326 e. The number of hydrogen-bond acceptors (Lipinski definition) is 5. The van der Waals surface area contributed by atoms with Gasteiger partial charge in [0.05, 0.1) is 4.92 Å². The van der Waals surface area contributed by atoms with Crippen molar-refractivity contribution < 1.29 is 19.6 Å². The molecule has 0 fully saturated rings. The Kier molecular flexibility index (Phi) is 5.49. The normalized spacial score (nSPS) is 11.5. The molecule has 0 amide bonds. The molecule has 0 spiro atoms. The van der Waals surface area contributed by atoms with E-state index in [0.717, 1.165) is 0 Å². The molecule has 1 atom stereocenters. The first-order valence-electron chi connectivity index (χ1n) is 6.89. The van der Waals surface area contributed by atoms with E-state index in [1.807, 2.05) is 0 Å². The third kappa shape index (κ3) is 4.53. The molecule has 124 valence electrons. The van der Waals surface area contributed by atoms with E-state index in [9.17, 15) is 24.8 Å². The highest BCUT2D eigenvalue weighted by Gasteiger charge is 2.22. The minimum atomic E-state index is -1.23. The van der Waals surface area contributed by atoms with Crippen LogP contribution in [0.1, 0.15) is 16.8 Å². The summed E-state index contributed by atoms with van der Waals surface area (Å²) in [7, 11) is 0. The van der Waals surface area contributed by atoms with Crippen molar-refractivity contribution in [2.45, 2.75) is 12.5 Å². The monoisotopic (exact) mass is 348 g/mol. The summed E-state index contributed by atoms with van der Waals surface area (Å²) in [4.78, 5) is 33.7. The van der Waals surface area contributed by atoms with Gasteiger partial charge in [-0.1, -0.05) is 17.7 Å². The van der Waals surface area contributed by atoms with Gasteiger partial charge in [-0.25, -0.2) is 4.79 Å². The molecule has 0 heterocycles. The molecule has 7 nitrogen and oxygen atoms in total. The molecule has 2 rings (SSSR count). The van der Waals surface area contributed by atoms with Gasteiger partial charge in [0.25, 0.3) is 5.69 Å². The van der Waals surface area contributed by atoms with Crippen molar-refractivity contribution >= 4 is 34.7 Å². The van der Waals surface area contributed by atoms with Crippen molar-refractivity contribution in [3.63, 3.8) is 0 Å². The number of non-ortho nitro benzene ring substituents is 1. The van der Waals surface area contributed by atoms with E-state index in [-0.39, 0.29) is 23.6 Å².